The Labute approximate surface area is 192 Å². The van der Waals surface area contributed by atoms with Crippen molar-refractivity contribution in [1.82, 2.24) is 10.3 Å². The molecule has 6 N–H and O–H groups in total. The van der Waals surface area contributed by atoms with Gasteiger partial charge in [0.05, 0.1) is 5.56 Å². The second-order valence-corrected chi connectivity index (χ2v) is 7.21. The molecular weight excluding hydrogens is 454 g/mol. The molecule has 2 aromatic carbocycles. The molecule has 0 radical (unpaired) electrons. The van der Waals surface area contributed by atoms with Gasteiger partial charge in [0.2, 0.25) is 0 Å². The highest BCUT2D eigenvalue weighted by molar-refractivity contribution is 5.95. The van der Waals surface area contributed by atoms with Crippen LogP contribution in [-0.2, 0) is 16.1 Å². The van der Waals surface area contributed by atoms with Gasteiger partial charge >= 0.3 is 0 Å². The average molecular weight is 475 g/mol. The fraction of sp³-hybridized carbons (Fsp3) is 0.174. The number of nitrogens with two attached hydrogens (primary N) is 2. The first-order valence-electron chi connectivity index (χ1n) is 10.0. The van der Waals surface area contributed by atoms with E-state index in [4.69, 9.17) is 21.6 Å². The summed E-state index contributed by atoms with van der Waals surface area (Å²) >= 11 is 0. The largest absolute Gasteiger partial charge is 0.384 e. The van der Waals surface area contributed by atoms with Crippen LogP contribution in [0.4, 0.5) is 23.4 Å². The zero-order valence-corrected chi connectivity index (χ0v) is 18.0. The van der Waals surface area contributed by atoms with Crippen molar-refractivity contribution in [3.63, 3.8) is 0 Å². The number of amidine groups is 1. The molecule has 1 heterocycles. The lowest BCUT2D eigenvalue weighted by Crippen LogP contribution is -2.32. The standard InChI is InChI=1S/C23H21F4N5O2/c1-2-34-21(23(33)32-10-14-15(24)7-13(22(29)30)8-16(14)25)20-17(26)5-12(6-18(20)27)11-3-4-19(28)31-9-11/h3-9,21H,2,10H2,1H3,(H2,28,31)(H3,29,30)(H,32,33)/t21-/m1/s1. The number of nitrogen functional groups attached to an aromatic ring is 2. The summed E-state index contributed by atoms with van der Waals surface area (Å²) in [7, 11) is 0. The van der Waals surface area contributed by atoms with Gasteiger partial charge in [-0.15, -0.1) is 0 Å². The SMILES string of the molecule is CCO[C@@H](C(=O)NCc1c(F)cc(C(=N)N)cc1F)c1c(F)cc(-c2ccc(N)nc2)cc1F. The summed E-state index contributed by atoms with van der Waals surface area (Å²) < 4.78 is 63.6. The number of hydrogen-bond acceptors (Lipinski definition) is 5. The Morgan fingerprint density at radius 1 is 1.06 bits per heavy atom. The van der Waals surface area contributed by atoms with E-state index < -0.39 is 58.8 Å². The predicted octanol–water partition coefficient (Wildman–Crippen LogP) is 3.57. The molecule has 0 saturated carbocycles. The number of hydrogen-bond donors (Lipinski definition) is 4. The zero-order valence-electron chi connectivity index (χ0n) is 18.0. The molecule has 1 atom stereocenters. The van der Waals surface area contributed by atoms with Crippen molar-refractivity contribution in [2.75, 3.05) is 12.3 Å². The summed E-state index contributed by atoms with van der Waals surface area (Å²) in [6.07, 6.45) is -0.373. The van der Waals surface area contributed by atoms with Crippen LogP contribution in [0.3, 0.4) is 0 Å². The summed E-state index contributed by atoms with van der Waals surface area (Å²) in [4.78, 5) is 16.6. The van der Waals surface area contributed by atoms with Crippen LogP contribution >= 0.6 is 0 Å². The Bertz CT molecular complexity index is 1190. The van der Waals surface area contributed by atoms with Gasteiger partial charge < -0.3 is 21.5 Å². The van der Waals surface area contributed by atoms with Gasteiger partial charge in [0.25, 0.3) is 5.91 Å². The van der Waals surface area contributed by atoms with E-state index >= 15 is 0 Å². The van der Waals surface area contributed by atoms with Crippen LogP contribution in [0, 0.1) is 28.7 Å². The molecule has 0 aliphatic rings. The van der Waals surface area contributed by atoms with Gasteiger partial charge in [-0.25, -0.2) is 22.5 Å². The minimum absolute atomic E-state index is 0.0728. The monoisotopic (exact) mass is 475 g/mol. The molecule has 0 spiro atoms. The van der Waals surface area contributed by atoms with Crippen molar-refractivity contribution in [3.8, 4) is 11.1 Å². The fourth-order valence-corrected chi connectivity index (χ4v) is 3.23. The predicted molar refractivity (Wildman–Crippen MR) is 118 cm³/mol. The Morgan fingerprint density at radius 3 is 2.18 bits per heavy atom. The molecule has 0 aliphatic heterocycles. The molecule has 178 valence electrons. The third kappa shape index (κ3) is 5.31. The molecular formula is C23H21F4N5O2. The number of aromatic nitrogens is 1. The van der Waals surface area contributed by atoms with Crippen molar-refractivity contribution < 1.29 is 27.1 Å². The van der Waals surface area contributed by atoms with E-state index in [0.717, 1.165) is 24.3 Å². The lowest BCUT2D eigenvalue weighted by Gasteiger charge is -2.19. The van der Waals surface area contributed by atoms with Crippen molar-refractivity contribution in [1.29, 1.82) is 5.41 Å². The number of benzene rings is 2. The normalized spacial score (nSPS) is 11.8. The molecule has 1 amide bonds. The summed E-state index contributed by atoms with van der Waals surface area (Å²) in [5.74, 6) is -5.50. The number of carbonyl (C=O) groups excluding carboxylic acids is 1. The van der Waals surface area contributed by atoms with E-state index in [0.29, 0.717) is 5.56 Å². The van der Waals surface area contributed by atoms with Gasteiger partial charge in [-0.2, -0.15) is 0 Å². The summed E-state index contributed by atoms with van der Waals surface area (Å²) in [5.41, 5.74) is 9.98. The maximum Gasteiger partial charge on any atom is 0.254 e. The van der Waals surface area contributed by atoms with Crippen LogP contribution < -0.4 is 16.8 Å². The lowest BCUT2D eigenvalue weighted by molar-refractivity contribution is -0.133. The van der Waals surface area contributed by atoms with E-state index in [-0.39, 0.29) is 23.6 Å². The van der Waals surface area contributed by atoms with Gasteiger partial charge in [-0.1, -0.05) is 0 Å². The number of nitrogens with zero attached hydrogens (tertiary/aromatic N) is 1. The molecule has 34 heavy (non-hydrogen) atoms. The number of anilines is 1. The minimum atomic E-state index is -1.72. The Kier molecular flexibility index (Phi) is 7.47. The first-order valence-corrected chi connectivity index (χ1v) is 10.0. The van der Waals surface area contributed by atoms with Gasteiger partial charge in [-0.05, 0) is 48.9 Å². The van der Waals surface area contributed by atoms with Crippen LogP contribution in [0.15, 0.2) is 42.6 Å². The van der Waals surface area contributed by atoms with Gasteiger partial charge in [0, 0.05) is 36.0 Å². The van der Waals surface area contributed by atoms with E-state index in [1.165, 1.54) is 25.3 Å². The molecule has 0 aliphatic carbocycles. The highest BCUT2D eigenvalue weighted by Crippen LogP contribution is 2.30. The van der Waals surface area contributed by atoms with Crippen molar-refractivity contribution in [3.05, 3.63) is 82.6 Å². The number of nitrogens with one attached hydrogen (secondary N) is 2. The number of amides is 1. The molecule has 11 heteroatoms. The number of carbonyl (C=O) groups is 1. The molecule has 0 saturated heterocycles. The first kappa shape index (κ1) is 24.6. The third-order valence-electron chi connectivity index (χ3n) is 4.92. The van der Waals surface area contributed by atoms with Gasteiger partial charge in [0.15, 0.2) is 6.10 Å². The van der Waals surface area contributed by atoms with E-state index in [9.17, 15) is 22.4 Å². The summed E-state index contributed by atoms with van der Waals surface area (Å²) in [6, 6.07) is 6.73. The highest BCUT2D eigenvalue weighted by atomic mass is 19.1. The maximum absolute atomic E-state index is 14.9. The third-order valence-corrected chi connectivity index (χ3v) is 4.92. The highest BCUT2D eigenvalue weighted by Gasteiger charge is 2.29. The second-order valence-electron chi connectivity index (χ2n) is 7.21. The molecule has 0 unspecified atom stereocenters. The van der Waals surface area contributed by atoms with Crippen LogP contribution in [-0.4, -0.2) is 23.3 Å². The van der Waals surface area contributed by atoms with Crippen molar-refractivity contribution in [2.45, 2.75) is 19.6 Å². The summed E-state index contributed by atoms with van der Waals surface area (Å²) in [5, 5.41) is 9.50. The Balaban J connectivity index is 1.86. The average Bonchev–Trinajstić information content (AvgIpc) is 2.77. The van der Waals surface area contributed by atoms with Gasteiger partial charge in [-0.3, -0.25) is 10.2 Å². The number of pyridine rings is 1. The molecule has 7 nitrogen and oxygen atoms in total. The smallest absolute Gasteiger partial charge is 0.254 e. The summed E-state index contributed by atoms with van der Waals surface area (Å²) in [6.45, 7) is 0.817. The molecule has 0 bridgehead atoms. The first-order chi connectivity index (χ1) is 16.1. The number of halogens is 4. The minimum Gasteiger partial charge on any atom is -0.384 e. The van der Waals surface area contributed by atoms with Crippen LogP contribution in [0.1, 0.15) is 29.7 Å². The van der Waals surface area contributed by atoms with Crippen molar-refractivity contribution >= 4 is 17.6 Å². The topological polar surface area (TPSA) is 127 Å². The Hall–Kier alpha value is -3.99. The Morgan fingerprint density at radius 2 is 1.68 bits per heavy atom. The number of rotatable bonds is 8. The molecule has 3 aromatic rings. The van der Waals surface area contributed by atoms with Crippen LogP contribution in [0.25, 0.3) is 11.1 Å². The quantitative estimate of drug-likeness (QED) is 0.225. The van der Waals surface area contributed by atoms with E-state index in [1.54, 1.807) is 0 Å². The maximum atomic E-state index is 14.9. The van der Waals surface area contributed by atoms with Gasteiger partial charge in [0.1, 0.15) is 34.9 Å². The molecule has 1 aromatic heterocycles. The van der Waals surface area contributed by atoms with Crippen molar-refractivity contribution in [2.24, 2.45) is 5.73 Å². The molecule has 0 fully saturated rings. The van der Waals surface area contributed by atoms with E-state index in [1.807, 2.05) is 0 Å². The zero-order chi connectivity index (χ0) is 25.0. The number of ether oxygens (including phenoxy) is 1. The van der Waals surface area contributed by atoms with Crippen LogP contribution in [0.5, 0.6) is 0 Å². The molecule has 3 rings (SSSR count). The fourth-order valence-electron chi connectivity index (χ4n) is 3.23. The lowest BCUT2D eigenvalue weighted by atomic mass is 10.0. The second kappa shape index (κ2) is 10.3. The van der Waals surface area contributed by atoms with E-state index in [2.05, 4.69) is 10.3 Å². The van der Waals surface area contributed by atoms with Crippen LogP contribution in [0.2, 0.25) is 0 Å².